The van der Waals surface area contributed by atoms with E-state index in [4.69, 9.17) is 10.5 Å². The van der Waals surface area contributed by atoms with Gasteiger partial charge in [0.25, 0.3) is 5.91 Å². The van der Waals surface area contributed by atoms with Crippen molar-refractivity contribution in [3.8, 4) is 5.75 Å². The Bertz CT molecular complexity index is 1200. The van der Waals surface area contributed by atoms with E-state index < -0.39 is 15.9 Å². The van der Waals surface area contributed by atoms with Gasteiger partial charge in [-0.2, -0.15) is 4.31 Å². The molecule has 0 unspecified atom stereocenters. The van der Waals surface area contributed by atoms with Gasteiger partial charge in [-0.3, -0.25) is 14.4 Å². The number of hydrogen-bond acceptors (Lipinski definition) is 6. The molecule has 2 aliphatic rings. The van der Waals surface area contributed by atoms with Gasteiger partial charge in [0.05, 0.1) is 10.5 Å². The van der Waals surface area contributed by atoms with E-state index in [9.17, 15) is 22.8 Å². The van der Waals surface area contributed by atoms with Crippen molar-refractivity contribution in [2.75, 3.05) is 31.1 Å². The monoisotopic (exact) mass is 471 g/mol. The third kappa shape index (κ3) is 4.76. The number of nitrogens with zero attached hydrogens (tertiary/aromatic N) is 2. The van der Waals surface area contributed by atoms with Crippen LogP contribution >= 0.6 is 0 Å². The Morgan fingerprint density at radius 1 is 1.00 bits per heavy atom. The molecule has 2 aromatic rings. The third-order valence-electron chi connectivity index (χ3n) is 5.83. The summed E-state index contributed by atoms with van der Waals surface area (Å²) in [6, 6.07) is 10.6. The number of amides is 2. The van der Waals surface area contributed by atoms with Crippen LogP contribution in [-0.2, 0) is 14.8 Å². The lowest BCUT2D eigenvalue weighted by Gasteiger charge is -2.17. The van der Waals surface area contributed by atoms with Gasteiger partial charge in [-0.1, -0.05) is 12.1 Å². The summed E-state index contributed by atoms with van der Waals surface area (Å²) >= 11 is 0. The van der Waals surface area contributed by atoms with Gasteiger partial charge in [-0.05, 0) is 49.6 Å². The third-order valence-corrected chi connectivity index (χ3v) is 7.73. The van der Waals surface area contributed by atoms with Crippen molar-refractivity contribution in [2.45, 2.75) is 30.6 Å². The normalized spacial score (nSPS) is 16.8. The predicted molar refractivity (Wildman–Crippen MR) is 121 cm³/mol. The molecule has 4 rings (SSSR count). The number of sulfonamides is 1. The highest BCUT2D eigenvalue weighted by atomic mass is 32.2. The zero-order chi connectivity index (χ0) is 23.6. The molecule has 2 heterocycles. The molecular formula is C23H25N3O6S. The number of rotatable bonds is 8. The molecule has 174 valence electrons. The molecule has 0 spiro atoms. The first kappa shape index (κ1) is 22.9. The molecule has 33 heavy (non-hydrogen) atoms. The van der Waals surface area contributed by atoms with E-state index in [1.807, 2.05) is 0 Å². The Morgan fingerprint density at radius 3 is 2.42 bits per heavy atom. The van der Waals surface area contributed by atoms with Crippen molar-refractivity contribution >= 4 is 33.3 Å². The lowest BCUT2D eigenvalue weighted by molar-refractivity contribution is -0.117. The first-order valence-corrected chi connectivity index (χ1v) is 12.2. The van der Waals surface area contributed by atoms with Crippen LogP contribution in [0.3, 0.4) is 0 Å². The predicted octanol–water partition coefficient (Wildman–Crippen LogP) is 1.96. The largest absolute Gasteiger partial charge is 0.485 e. The molecule has 0 aliphatic carbocycles. The van der Waals surface area contributed by atoms with Crippen LogP contribution in [0.15, 0.2) is 47.4 Å². The minimum absolute atomic E-state index is 0.0194. The van der Waals surface area contributed by atoms with Crippen LogP contribution < -0.4 is 15.4 Å². The fourth-order valence-electron chi connectivity index (χ4n) is 4.06. The zero-order valence-electron chi connectivity index (χ0n) is 18.0. The van der Waals surface area contributed by atoms with E-state index in [2.05, 4.69) is 0 Å². The molecule has 2 fully saturated rings. The summed E-state index contributed by atoms with van der Waals surface area (Å²) in [5, 5.41) is 0. The number of anilines is 1. The van der Waals surface area contributed by atoms with Gasteiger partial charge in [-0.15, -0.1) is 0 Å². The number of nitrogens with two attached hydrogens (primary N) is 1. The van der Waals surface area contributed by atoms with Crippen molar-refractivity contribution in [3.05, 3.63) is 53.6 Å². The number of Topliss-reactive ketones (excluding diaryl/α,β-unsaturated/α-hetero) is 1. The fraction of sp³-hybridized carbons (Fsp3) is 0.348. The highest BCUT2D eigenvalue weighted by Gasteiger charge is 2.28. The smallest absolute Gasteiger partial charge is 0.252 e. The van der Waals surface area contributed by atoms with Crippen LogP contribution in [-0.4, -0.2) is 56.6 Å². The maximum Gasteiger partial charge on any atom is 0.252 e. The van der Waals surface area contributed by atoms with E-state index in [-0.39, 0.29) is 34.5 Å². The van der Waals surface area contributed by atoms with Gasteiger partial charge in [0, 0.05) is 37.3 Å². The van der Waals surface area contributed by atoms with Crippen LogP contribution in [0.1, 0.15) is 46.4 Å². The number of carbonyl (C=O) groups is 3. The Balaban J connectivity index is 1.50. The van der Waals surface area contributed by atoms with E-state index in [0.717, 1.165) is 19.3 Å². The summed E-state index contributed by atoms with van der Waals surface area (Å²) in [5.41, 5.74) is 6.35. The van der Waals surface area contributed by atoms with Crippen molar-refractivity contribution in [3.63, 3.8) is 0 Å². The molecule has 2 aromatic carbocycles. The number of ketones is 1. The maximum absolute atomic E-state index is 12.8. The van der Waals surface area contributed by atoms with E-state index in [0.29, 0.717) is 37.3 Å². The van der Waals surface area contributed by atoms with Crippen LogP contribution in [0.4, 0.5) is 5.69 Å². The summed E-state index contributed by atoms with van der Waals surface area (Å²) in [6.07, 6.45) is 2.84. The Labute approximate surface area is 192 Å². The van der Waals surface area contributed by atoms with Gasteiger partial charge in [0.1, 0.15) is 5.75 Å². The van der Waals surface area contributed by atoms with E-state index in [1.165, 1.54) is 22.5 Å². The van der Waals surface area contributed by atoms with Crippen molar-refractivity contribution in [2.24, 2.45) is 5.73 Å². The average molecular weight is 472 g/mol. The van der Waals surface area contributed by atoms with E-state index in [1.54, 1.807) is 29.2 Å². The molecule has 0 aromatic heterocycles. The minimum Gasteiger partial charge on any atom is -0.485 e. The van der Waals surface area contributed by atoms with Crippen molar-refractivity contribution < 1.29 is 27.5 Å². The lowest BCUT2D eigenvalue weighted by Crippen LogP contribution is -2.28. The number of carbonyl (C=O) groups excluding carboxylic acids is 3. The van der Waals surface area contributed by atoms with Crippen molar-refractivity contribution in [1.82, 2.24) is 4.31 Å². The number of benzene rings is 2. The molecular weight excluding hydrogens is 446 g/mol. The second-order valence-electron chi connectivity index (χ2n) is 8.04. The van der Waals surface area contributed by atoms with Crippen molar-refractivity contribution in [1.29, 1.82) is 0 Å². The quantitative estimate of drug-likeness (QED) is 0.587. The molecule has 2 saturated heterocycles. The molecule has 2 aliphatic heterocycles. The summed E-state index contributed by atoms with van der Waals surface area (Å²) < 4.78 is 32.5. The maximum atomic E-state index is 12.8. The van der Waals surface area contributed by atoms with Gasteiger partial charge in [0.2, 0.25) is 15.9 Å². The van der Waals surface area contributed by atoms with Crippen LogP contribution in [0.5, 0.6) is 5.75 Å². The molecule has 0 atom stereocenters. The molecule has 0 saturated carbocycles. The zero-order valence-corrected chi connectivity index (χ0v) is 18.8. The van der Waals surface area contributed by atoms with Crippen LogP contribution in [0.2, 0.25) is 0 Å². The fourth-order valence-corrected chi connectivity index (χ4v) is 5.60. The second-order valence-corrected chi connectivity index (χ2v) is 9.98. The number of ether oxygens (including phenoxy) is 1. The second kappa shape index (κ2) is 9.32. The number of hydrogen-bond donors (Lipinski definition) is 1. The molecule has 2 N–H and O–H groups in total. The van der Waals surface area contributed by atoms with Gasteiger partial charge < -0.3 is 15.4 Å². The summed E-state index contributed by atoms with van der Waals surface area (Å²) in [4.78, 5) is 38.2. The minimum atomic E-state index is -3.73. The highest BCUT2D eigenvalue weighted by molar-refractivity contribution is 7.89. The topological polar surface area (TPSA) is 127 Å². The Hall–Kier alpha value is -3.24. The standard InChI is InChI=1S/C23H25N3O6S/c24-23(29)19-14-18(33(30,31)25-10-1-2-11-25)8-9-21(19)32-15-20(27)16-5-3-6-17(13-16)26-12-4-7-22(26)28/h3,5-6,8-9,13-14H,1-2,4,7,10-12,15H2,(H2,24,29). The first-order valence-electron chi connectivity index (χ1n) is 10.8. The van der Waals surface area contributed by atoms with Gasteiger partial charge >= 0.3 is 0 Å². The summed E-state index contributed by atoms with van der Waals surface area (Å²) in [5.74, 6) is -1.16. The molecule has 0 bridgehead atoms. The summed E-state index contributed by atoms with van der Waals surface area (Å²) in [6.45, 7) is 1.10. The molecule has 0 radical (unpaired) electrons. The Morgan fingerprint density at radius 2 is 1.76 bits per heavy atom. The van der Waals surface area contributed by atoms with Gasteiger partial charge in [0.15, 0.2) is 12.4 Å². The number of primary amides is 1. The molecule has 10 heteroatoms. The lowest BCUT2D eigenvalue weighted by atomic mass is 10.1. The molecule has 2 amide bonds. The highest BCUT2D eigenvalue weighted by Crippen LogP contribution is 2.27. The first-order chi connectivity index (χ1) is 15.8. The van der Waals surface area contributed by atoms with Crippen LogP contribution in [0, 0.1) is 0 Å². The Kier molecular flexibility index (Phi) is 6.48. The van der Waals surface area contributed by atoms with Gasteiger partial charge in [-0.25, -0.2) is 8.42 Å². The van der Waals surface area contributed by atoms with E-state index >= 15 is 0 Å². The molecule has 9 nitrogen and oxygen atoms in total. The average Bonchev–Trinajstić information content (AvgIpc) is 3.49. The summed E-state index contributed by atoms with van der Waals surface area (Å²) in [7, 11) is -3.73. The SMILES string of the molecule is NC(=O)c1cc(S(=O)(=O)N2CCCC2)ccc1OCC(=O)c1cccc(N2CCCC2=O)c1. The van der Waals surface area contributed by atoms with Crippen LogP contribution in [0.25, 0.3) is 0 Å².